The monoisotopic (exact) mass is 450 g/mol. The molecule has 0 N–H and O–H groups in total. The van der Waals surface area contributed by atoms with E-state index in [0.717, 1.165) is 6.42 Å². The predicted molar refractivity (Wildman–Crippen MR) is 112 cm³/mol. The van der Waals surface area contributed by atoms with E-state index in [1.165, 1.54) is 21.5 Å². The van der Waals surface area contributed by atoms with E-state index >= 15 is 0 Å². The predicted octanol–water partition coefficient (Wildman–Crippen LogP) is 6.38. The maximum atomic E-state index is 2.99. The molecule has 0 nitrogen and oxygen atoms in total. The van der Waals surface area contributed by atoms with Gasteiger partial charge in [0.05, 0.1) is 0 Å². The van der Waals surface area contributed by atoms with Gasteiger partial charge in [0.15, 0.2) is 0 Å². The molecule has 0 aliphatic heterocycles. The van der Waals surface area contributed by atoms with Crippen LogP contribution in [0.2, 0.25) is 0 Å². The van der Waals surface area contributed by atoms with Crippen molar-refractivity contribution in [2.45, 2.75) is 6.42 Å². The molecule has 0 unspecified atom stereocenters. The quantitative estimate of drug-likeness (QED) is 0.274. The first-order valence-corrected chi connectivity index (χ1v) is 6.20. The van der Waals surface area contributed by atoms with Gasteiger partial charge in [0.25, 0.3) is 0 Å². The van der Waals surface area contributed by atoms with Gasteiger partial charge < -0.3 is 14.9 Å². The number of fused-ring (bicyclic) bond motifs is 3. The fourth-order valence-corrected chi connectivity index (χ4v) is 2.24. The second kappa shape index (κ2) is 16.0. The molecule has 4 heteroatoms. The van der Waals surface area contributed by atoms with Crippen molar-refractivity contribution in [2.24, 2.45) is 0 Å². The maximum absolute atomic E-state index is 2.99. The molecule has 0 fully saturated rings. The van der Waals surface area contributed by atoms with Crippen molar-refractivity contribution in [3.63, 3.8) is 0 Å². The first-order chi connectivity index (χ1) is 8.95. The average Bonchev–Trinajstić information content (AvgIpc) is 3.10. The Morgan fingerprint density at radius 2 is 1.25 bits per heavy atom. The van der Waals surface area contributed by atoms with E-state index < -0.39 is 0 Å². The Morgan fingerprint density at radius 3 is 1.58 bits per heavy atom. The molecular formula is C20H22Cl2SiZr. The number of rotatable bonds is 0. The van der Waals surface area contributed by atoms with Gasteiger partial charge in [0.2, 0.25) is 0 Å². The Hall–Kier alpha value is -0.530. The number of halogens is 2. The average molecular weight is 453 g/mol. The van der Waals surface area contributed by atoms with Crippen LogP contribution in [0.15, 0.2) is 72.8 Å². The van der Waals surface area contributed by atoms with Crippen molar-refractivity contribution in [3.05, 3.63) is 93.8 Å². The summed E-state index contributed by atoms with van der Waals surface area (Å²) in [4.78, 5) is 0. The van der Waals surface area contributed by atoms with E-state index in [1.54, 1.807) is 0 Å². The Labute approximate surface area is 182 Å². The van der Waals surface area contributed by atoms with Gasteiger partial charge in [-0.2, -0.15) is 6.08 Å². The van der Waals surface area contributed by atoms with Gasteiger partial charge in [-0.25, -0.2) is 12.2 Å². The van der Waals surface area contributed by atoms with Crippen LogP contribution in [0.5, 0.6) is 0 Å². The Bertz CT molecular complexity index is 672. The van der Waals surface area contributed by atoms with Crippen LogP contribution in [-0.2, 0) is 26.2 Å². The van der Waals surface area contributed by atoms with Crippen LogP contribution in [0.1, 0.15) is 6.42 Å². The topological polar surface area (TPSA) is 0 Å². The van der Waals surface area contributed by atoms with Crippen LogP contribution in [0, 0.1) is 20.9 Å². The molecule has 3 aromatic rings. The largest absolute Gasteiger partial charge is 4.00 e. The summed E-state index contributed by atoms with van der Waals surface area (Å²) in [6, 6.07) is 19.3. The standard InChI is InChI=1S/C13H9.C5H5.2CH3.2ClH.Si.Zr/c1-3-7-12-10(5-1)9-11-6-2-4-8-13(11)12;1-2-4-5-3-1;;;;;;/h1-9H;1-3H,4H2;2*1H3;2*1H;;/q4*-1;;;;+4. The van der Waals surface area contributed by atoms with Crippen molar-refractivity contribution in [1.29, 1.82) is 0 Å². The third-order valence-corrected chi connectivity index (χ3v) is 3.11. The third-order valence-electron chi connectivity index (χ3n) is 3.11. The molecule has 124 valence electrons. The molecule has 3 aromatic carbocycles. The Balaban J connectivity index is -0.000000163. The van der Waals surface area contributed by atoms with Crippen LogP contribution in [0.25, 0.3) is 21.5 Å². The molecule has 0 amide bonds. The Kier molecular flexibility index (Phi) is 20.8. The molecule has 0 saturated heterocycles. The second-order valence-corrected chi connectivity index (χ2v) is 4.32. The van der Waals surface area contributed by atoms with Crippen molar-refractivity contribution >= 4 is 57.3 Å². The first kappa shape index (κ1) is 31.3. The van der Waals surface area contributed by atoms with E-state index in [4.69, 9.17) is 0 Å². The molecule has 4 rings (SSSR count). The van der Waals surface area contributed by atoms with Crippen molar-refractivity contribution in [3.8, 4) is 0 Å². The fourth-order valence-electron chi connectivity index (χ4n) is 2.24. The van der Waals surface area contributed by atoms with Crippen LogP contribution in [0.3, 0.4) is 0 Å². The van der Waals surface area contributed by atoms with Gasteiger partial charge in [0, 0.05) is 11.0 Å². The molecule has 4 radical (unpaired) electrons. The molecule has 0 saturated carbocycles. The molecular weight excluding hydrogens is 430 g/mol. The van der Waals surface area contributed by atoms with E-state index in [2.05, 4.69) is 66.7 Å². The smallest absolute Gasteiger partial charge is 0.358 e. The van der Waals surface area contributed by atoms with E-state index in [1.807, 2.05) is 12.2 Å². The summed E-state index contributed by atoms with van der Waals surface area (Å²) < 4.78 is 0. The summed E-state index contributed by atoms with van der Waals surface area (Å²) in [6.07, 6.45) is 10.0. The van der Waals surface area contributed by atoms with Gasteiger partial charge in [-0.3, -0.25) is 6.08 Å². The van der Waals surface area contributed by atoms with Crippen molar-refractivity contribution in [2.75, 3.05) is 0 Å². The molecule has 0 aromatic heterocycles. The molecule has 0 bridgehead atoms. The Morgan fingerprint density at radius 1 is 0.792 bits per heavy atom. The van der Waals surface area contributed by atoms with Crippen molar-refractivity contribution < 1.29 is 26.2 Å². The molecule has 0 atom stereocenters. The fraction of sp³-hybridized carbons (Fsp3) is 0.0500. The molecule has 1 aliphatic carbocycles. The van der Waals surface area contributed by atoms with Crippen LogP contribution in [0.4, 0.5) is 0 Å². The molecule has 24 heavy (non-hydrogen) atoms. The number of benzene rings is 2. The van der Waals surface area contributed by atoms with E-state index in [9.17, 15) is 0 Å². The van der Waals surface area contributed by atoms with E-state index in [-0.39, 0.29) is 76.8 Å². The summed E-state index contributed by atoms with van der Waals surface area (Å²) in [5.74, 6) is 0. The van der Waals surface area contributed by atoms with Crippen LogP contribution in [-0.4, -0.2) is 11.0 Å². The summed E-state index contributed by atoms with van der Waals surface area (Å²) in [6.45, 7) is 0. The second-order valence-electron chi connectivity index (χ2n) is 4.32. The van der Waals surface area contributed by atoms with Gasteiger partial charge >= 0.3 is 26.2 Å². The molecule has 0 heterocycles. The zero-order valence-electron chi connectivity index (χ0n) is 14.0. The normalized spacial score (nSPS) is 9.67. The summed E-state index contributed by atoms with van der Waals surface area (Å²) >= 11 is 0. The van der Waals surface area contributed by atoms with Gasteiger partial charge in [-0.15, -0.1) is 71.0 Å². The minimum Gasteiger partial charge on any atom is -0.358 e. The summed E-state index contributed by atoms with van der Waals surface area (Å²) in [5.41, 5.74) is 0. The van der Waals surface area contributed by atoms with Crippen molar-refractivity contribution in [1.82, 2.24) is 0 Å². The number of hydrogen-bond donors (Lipinski definition) is 0. The van der Waals surface area contributed by atoms with E-state index in [0.29, 0.717) is 0 Å². The summed E-state index contributed by atoms with van der Waals surface area (Å²) in [5, 5.41) is 5.39. The molecule has 1 aliphatic rings. The molecule has 0 spiro atoms. The maximum Gasteiger partial charge on any atom is 4.00 e. The SMILES string of the molecule is Cl.Cl.[C-]1=CC=CC1.[CH3-].[CH3-].[Si].[Zr+4].c1ccc2c(c1)[cH-]c1ccccc12. The summed E-state index contributed by atoms with van der Waals surface area (Å²) in [7, 11) is 0. The van der Waals surface area contributed by atoms with Gasteiger partial charge in [-0.05, 0) is 0 Å². The third kappa shape index (κ3) is 7.57. The zero-order valence-corrected chi connectivity index (χ0v) is 19.0. The number of allylic oxidation sites excluding steroid dienone is 4. The van der Waals surface area contributed by atoms with Gasteiger partial charge in [-0.1, -0.05) is 36.4 Å². The zero-order chi connectivity index (χ0) is 12.2. The first-order valence-electron chi connectivity index (χ1n) is 6.20. The van der Waals surface area contributed by atoms with Crippen LogP contribution < -0.4 is 0 Å². The van der Waals surface area contributed by atoms with Crippen LogP contribution >= 0.6 is 24.8 Å². The van der Waals surface area contributed by atoms with Gasteiger partial charge in [0.1, 0.15) is 0 Å². The minimum atomic E-state index is 0. The minimum absolute atomic E-state index is 0. The number of hydrogen-bond acceptors (Lipinski definition) is 0.